The van der Waals surface area contributed by atoms with E-state index in [1.54, 1.807) is 16.8 Å². The minimum atomic E-state index is -0.271. The largest absolute Gasteiger partial charge is 0.356 e. The van der Waals surface area contributed by atoms with E-state index in [4.69, 9.17) is 0 Å². The minimum Gasteiger partial charge on any atom is -0.356 e. The van der Waals surface area contributed by atoms with Gasteiger partial charge in [-0.1, -0.05) is 18.7 Å². The van der Waals surface area contributed by atoms with Gasteiger partial charge in [0, 0.05) is 48.9 Å². The fourth-order valence-corrected chi connectivity index (χ4v) is 4.22. The lowest BCUT2D eigenvalue weighted by Gasteiger charge is -2.25. The molecular weight excluding hydrogens is 366 g/mol. The fourth-order valence-electron chi connectivity index (χ4n) is 3.10. The molecule has 1 unspecified atom stereocenters. The zero-order valence-electron chi connectivity index (χ0n) is 15.5. The Balaban J connectivity index is 1.57. The molecule has 0 bridgehead atoms. The second kappa shape index (κ2) is 8.51. The summed E-state index contributed by atoms with van der Waals surface area (Å²) in [6, 6.07) is 3.06. The number of hydrogen-bond acceptors (Lipinski definition) is 6. The molecule has 0 aliphatic carbocycles. The van der Waals surface area contributed by atoms with Gasteiger partial charge in [0.15, 0.2) is 5.16 Å². The van der Waals surface area contributed by atoms with Crippen LogP contribution >= 0.6 is 11.8 Å². The molecule has 3 rings (SSSR count). The van der Waals surface area contributed by atoms with Crippen LogP contribution in [-0.2, 0) is 24.3 Å². The molecule has 0 saturated heterocycles. The van der Waals surface area contributed by atoms with Gasteiger partial charge in [0.05, 0.1) is 5.92 Å². The van der Waals surface area contributed by atoms with Gasteiger partial charge in [-0.15, -0.1) is 0 Å². The minimum absolute atomic E-state index is 0.0421. The van der Waals surface area contributed by atoms with Crippen LogP contribution in [-0.4, -0.2) is 37.5 Å². The lowest BCUT2D eigenvalue weighted by Crippen LogP contribution is -2.41. The molecule has 2 aromatic heterocycles. The maximum Gasteiger partial charge on any atom is 0.266 e. The van der Waals surface area contributed by atoms with Crippen LogP contribution in [0.1, 0.15) is 24.6 Å². The average molecular weight is 389 g/mol. The van der Waals surface area contributed by atoms with E-state index in [2.05, 4.69) is 15.4 Å². The molecule has 1 aliphatic heterocycles. The molecule has 0 aromatic carbocycles. The van der Waals surface area contributed by atoms with Crippen molar-refractivity contribution in [1.82, 2.24) is 24.6 Å². The van der Waals surface area contributed by atoms with Crippen LogP contribution in [0.4, 0.5) is 0 Å². The molecule has 1 amide bonds. The molecule has 1 N–H and O–H groups in total. The number of amides is 1. The SMILES string of the molecule is CCc1c(C)nc2n(c1=O)CC(C(=O)NCCCn1ncccc1=O)CS2. The van der Waals surface area contributed by atoms with Crippen molar-refractivity contribution in [3.05, 3.63) is 50.3 Å². The first kappa shape index (κ1) is 19.3. The summed E-state index contributed by atoms with van der Waals surface area (Å²) in [4.78, 5) is 41.2. The van der Waals surface area contributed by atoms with Gasteiger partial charge in [-0.05, 0) is 25.8 Å². The summed E-state index contributed by atoms with van der Waals surface area (Å²) in [5, 5.41) is 7.58. The quantitative estimate of drug-likeness (QED) is 0.574. The van der Waals surface area contributed by atoms with E-state index in [1.165, 1.54) is 22.5 Å². The summed E-state index contributed by atoms with van der Waals surface area (Å²) < 4.78 is 3.00. The second-order valence-electron chi connectivity index (χ2n) is 6.47. The predicted molar refractivity (Wildman–Crippen MR) is 103 cm³/mol. The highest BCUT2D eigenvalue weighted by atomic mass is 32.2. The predicted octanol–water partition coefficient (Wildman–Crippen LogP) is 0.599. The Kier molecular flexibility index (Phi) is 6.10. The highest BCUT2D eigenvalue weighted by molar-refractivity contribution is 7.99. The number of nitrogens with one attached hydrogen (secondary N) is 1. The first-order chi connectivity index (χ1) is 13.0. The number of rotatable bonds is 6. The molecule has 1 aliphatic rings. The summed E-state index contributed by atoms with van der Waals surface area (Å²) in [6.07, 6.45) is 2.81. The van der Waals surface area contributed by atoms with Gasteiger partial charge in [-0.3, -0.25) is 19.0 Å². The Labute approximate surface area is 161 Å². The lowest BCUT2D eigenvalue weighted by atomic mass is 10.1. The van der Waals surface area contributed by atoms with Gasteiger partial charge in [0.2, 0.25) is 5.91 Å². The maximum absolute atomic E-state index is 12.6. The van der Waals surface area contributed by atoms with Gasteiger partial charge in [-0.25, -0.2) is 9.67 Å². The molecule has 8 nitrogen and oxygen atoms in total. The zero-order chi connectivity index (χ0) is 19.4. The number of carbonyl (C=O) groups excluding carboxylic acids is 1. The molecule has 0 saturated carbocycles. The Hall–Kier alpha value is -2.42. The van der Waals surface area contributed by atoms with E-state index < -0.39 is 0 Å². The summed E-state index contributed by atoms with van der Waals surface area (Å²) in [5.41, 5.74) is 1.28. The molecular formula is C18H23N5O3S. The van der Waals surface area contributed by atoms with Crippen molar-refractivity contribution in [2.75, 3.05) is 12.3 Å². The van der Waals surface area contributed by atoms with Crippen molar-refractivity contribution >= 4 is 17.7 Å². The summed E-state index contributed by atoms with van der Waals surface area (Å²) >= 11 is 1.45. The summed E-state index contributed by atoms with van der Waals surface area (Å²) in [7, 11) is 0. The third-order valence-corrected chi connectivity index (χ3v) is 5.75. The number of thioether (sulfide) groups is 1. The van der Waals surface area contributed by atoms with Crippen LogP contribution in [0.3, 0.4) is 0 Å². The van der Waals surface area contributed by atoms with E-state index in [-0.39, 0.29) is 22.9 Å². The number of aryl methyl sites for hydroxylation is 2. The normalized spacial score (nSPS) is 16.0. The molecule has 1 atom stereocenters. The Morgan fingerprint density at radius 2 is 2.22 bits per heavy atom. The Morgan fingerprint density at radius 1 is 1.41 bits per heavy atom. The van der Waals surface area contributed by atoms with Crippen LogP contribution in [0.15, 0.2) is 33.1 Å². The smallest absolute Gasteiger partial charge is 0.266 e. The molecule has 2 aromatic rings. The second-order valence-corrected chi connectivity index (χ2v) is 7.45. The van der Waals surface area contributed by atoms with Crippen molar-refractivity contribution in [2.24, 2.45) is 5.92 Å². The molecule has 0 fully saturated rings. The molecule has 144 valence electrons. The van der Waals surface area contributed by atoms with Crippen molar-refractivity contribution in [1.29, 1.82) is 0 Å². The summed E-state index contributed by atoms with van der Waals surface area (Å²) in [6.45, 7) is 5.05. The van der Waals surface area contributed by atoms with Gasteiger partial charge < -0.3 is 5.32 Å². The van der Waals surface area contributed by atoms with Gasteiger partial charge in [0.1, 0.15) is 0 Å². The Morgan fingerprint density at radius 3 is 2.96 bits per heavy atom. The lowest BCUT2D eigenvalue weighted by molar-refractivity contribution is -0.124. The van der Waals surface area contributed by atoms with Crippen molar-refractivity contribution in [2.45, 2.75) is 44.9 Å². The third-order valence-electron chi connectivity index (χ3n) is 4.61. The monoisotopic (exact) mass is 389 g/mol. The highest BCUT2D eigenvalue weighted by Gasteiger charge is 2.27. The summed E-state index contributed by atoms with van der Waals surface area (Å²) in [5.74, 6) is 0.252. The number of fused-ring (bicyclic) bond motifs is 1. The molecule has 0 radical (unpaired) electrons. The average Bonchev–Trinajstić information content (AvgIpc) is 2.66. The van der Waals surface area contributed by atoms with Gasteiger partial charge in [0.25, 0.3) is 11.1 Å². The number of carbonyl (C=O) groups is 1. The molecule has 9 heteroatoms. The zero-order valence-corrected chi connectivity index (χ0v) is 16.3. The molecule has 3 heterocycles. The highest BCUT2D eigenvalue weighted by Crippen LogP contribution is 2.25. The number of nitrogens with zero attached hydrogens (tertiary/aromatic N) is 4. The van der Waals surface area contributed by atoms with Crippen LogP contribution in [0, 0.1) is 12.8 Å². The molecule has 0 spiro atoms. The van der Waals surface area contributed by atoms with Crippen molar-refractivity contribution < 1.29 is 4.79 Å². The third kappa shape index (κ3) is 4.29. The van der Waals surface area contributed by atoms with Crippen LogP contribution in [0.25, 0.3) is 0 Å². The van der Waals surface area contributed by atoms with Crippen molar-refractivity contribution in [3.8, 4) is 0 Å². The van der Waals surface area contributed by atoms with E-state index in [0.717, 1.165) is 5.69 Å². The van der Waals surface area contributed by atoms with E-state index >= 15 is 0 Å². The first-order valence-electron chi connectivity index (χ1n) is 9.04. The van der Waals surface area contributed by atoms with E-state index in [1.807, 2.05) is 13.8 Å². The van der Waals surface area contributed by atoms with Crippen LogP contribution < -0.4 is 16.4 Å². The van der Waals surface area contributed by atoms with E-state index in [0.29, 0.717) is 48.9 Å². The fraction of sp³-hybridized carbons (Fsp3) is 0.500. The van der Waals surface area contributed by atoms with Crippen molar-refractivity contribution in [3.63, 3.8) is 0 Å². The van der Waals surface area contributed by atoms with Crippen LogP contribution in [0.5, 0.6) is 0 Å². The topological polar surface area (TPSA) is 98.9 Å². The van der Waals surface area contributed by atoms with Crippen LogP contribution in [0.2, 0.25) is 0 Å². The Bertz CT molecular complexity index is 953. The first-order valence-corrected chi connectivity index (χ1v) is 10.0. The maximum atomic E-state index is 12.6. The van der Waals surface area contributed by atoms with Gasteiger partial charge >= 0.3 is 0 Å². The van der Waals surface area contributed by atoms with E-state index in [9.17, 15) is 14.4 Å². The number of aromatic nitrogens is 4. The number of hydrogen-bond donors (Lipinski definition) is 1. The molecule has 27 heavy (non-hydrogen) atoms. The standard InChI is InChI=1S/C18H23N5O3S/c1-3-14-12(2)21-18-22(17(14)26)10-13(11-27-18)16(25)19-7-5-9-23-15(24)6-4-8-20-23/h4,6,8,13H,3,5,7,9-11H2,1-2H3,(H,19,25). The van der Waals surface area contributed by atoms with Gasteiger partial charge in [-0.2, -0.15) is 5.10 Å².